The summed E-state index contributed by atoms with van der Waals surface area (Å²) in [5.74, 6) is -4.96. The van der Waals surface area contributed by atoms with E-state index in [1.807, 2.05) is 0 Å². The minimum atomic E-state index is -2.11. The lowest BCUT2D eigenvalue weighted by atomic mass is 9.44. The summed E-state index contributed by atoms with van der Waals surface area (Å²) >= 11 is 0. The quantitative estimate of drug-likeness (QED) is 0.402. The zero-order chi connectivity index (χ0) is 29.7. The van der Waals surface area contributed by atoms with Crippen molar-refractivity contribution in [1.82, 2.24) is 0 Å². The third kappa shape index (κ3) is 4.33. The predicted octanol–water partition coefficient (Wildman–Crippen LogP) is 3.66. The van der Waals surface area contributed by atoms with Crippen molar-refractivity contribution < 1.29 is 48.0 Å². The molecule has 8 atom stereocenters. The number of carbonyl (C=O) groups excluding carboxylic acids is 4. The van der Waals surface area contributed by atoms with E-state index in [1.54, 1.807) is 33.8 Å². The van der Waals surface area contributed by atoms with E-state index in [0.717, 1.165) is 0 Å². The molecule has 40 heavy (non-hydrogen) atoms. The molecule has 0 bridgehead atoms. The summed E-state index contributed by atoms with van der Waals surface area (Å²) in [4.78, 5) is 61.8. The molecule has 3 saturated carbocycles. The molecule has 0 saturated heterocycles. The molecule has 0 aromatic carbocycles. The van der Waals surface area contributed by atoms with Gasteiger partial charge in [0, 0.05) is 41.9 Å². The van der Waals surface area contributed by atoms with Crippen LogP contribution >= 0.6 is 0 Å². The van der Waals surface area contributed by atoms with Crippen LogP contribution in [-0.2, 0) is 33.4 Å². The number of carboxylic acids is 1. The normalized spacial score (nSPS) is 39.9. The Kier molecular flexibility index (Phi) is 7.90. The van der Waals surface area contributed by atoms with E-state index < -0.39 is 76.3 Å². The highest BCUT2D eigenvalue weighted by Gasteiger charge is 2.77. The molecule has 10 heteroatoms. The third-order valence-electron chi connectivity index (χ3n) is 10.3. The first kappa shape index (κ1) is 30.1. The molecule has 4 aliphatic carbocycles. The number of Topliss-reactive ketones (excluding diaryl/α,β-unsaturated/α-hetero) is 1. The summed E-state index contributed by atoms with van der Waals surface area (Å²) in [5, 5.41) is 20.4. The number of esters is 2. The van der Waals surface area contributed by atoms with Gasteiger partial charge in [-0.1, -0.05) is 32.4 Å². The van der Waals surface area contributed by atoms with E-state index in [4.69, 9.17) is 14.6 Å². The van der Waals surface area contributed by atoms with Crippen molar-refractivity contribution in [2.45, 2.75) is 96.4 Å². The van der Waals surface area contributed by atoms with Crippen LogP contribution in [-0.4, -0.2) is 63.7 Å². The number of fused-ring (bicyclic) bond motifs is 5. The molecule has 0 amide bonds. The predicted molar refractivity (Wildman–Crippen MR) is 139 cm³/mol. The van der Waals surface area contributed by atoms with Crippen LogP contribution in [0.4, 0.5) is 4.39 Å². The Labute approximate surface area is 233 Å². The van der Waals surface area contributed by atoms with Crippen molar-refractivity contribution in [3.05, 3.63) is 23.8 Å². The van der Waals surface area contributed by atoms with Gasteiger partial charge in [0.1, 0.15) is 0 Å². The van der Waals surface area contributed by atoms with Crippen LogP contribution in [0.15, 0.2) is 23.8 Å². The summed E-state index contributed by atoms with van der Waals surface area (Å²) < 4.78 is 28.6. The molecule has 0 heterocycles. The highest BCUT2D eigenvalue weighted by Crippen LogP contribution is 2.71. The molecule has 9 nitrogen and oxygen atoms in total. The van der Waals surface area contributed by atoms with Crippen LogP contribution in [0.25, 0.3) is 0 Å². The maximum atomic E-state index is 17.4. The molecular formula is C30H39FO9. The standard InChI is InChI=1S/C30H39FO9/c1-5-25(37)40-30(23(34)16-39-26(38)8-6-7-24(35)36)17(2)13-21-20-10-9-18-14-19(32)11-12-27(18,3)29(20,31)22(33)15-28(21,30)4/h11-12,14,17,20-22,33H,5-10,13,15-16H2,1-4H3,(H,35,36)/t17-,20?,21?,22-,27-,28-,29-,30-/m0/s1. The average Bonchev–Trinajstić information content (AvgIpc) is 3.10. The minimum absolute atomic E-state index is 0.0123. The summed E-state index contributed by atoms with van der Waals surface area (Å²) in [7, 11) is 0. The number of carbonyl (C=O) groups is 5. The number of ketones is 2. The van der Waals surface area contributed by atoms with Crippen LogP contribution in [0.2, 0.25) is 0 Å². The van der Waals surface area contributed by atoms with E-state index in [2.05, 4.69) is 0 Å². The Morgan fingerprint density at radius 2 is 1.82 bits per heavy atom. The molecule has 0 aromatic heterocycles. The number of ether oxygens (including phenoxy) is 2. The van der Waals surface area contributed by atoms with E-state index in [9.17, 15) is 29.1 Å². The fraction of sp³-hybridized carbons (Fsp3) is 0.700. The maximum absolute atomic E-state index is 17.4. The van der Waals surface area contributed by atoms with Crippen molar-refractivity contribution in [1.29, 1.82) is 0 Å². The molecule has 0 radical (unpaired) electrons. The van der Waals surface area contributed by atoms with E-state index in [0.29, 0.717) is 24.8 Å². The van der Waals surface area contributed by atoms with Crippen molar-refractivity contribution >= 4 is 29.5 Å². The molecule has 220 valence electrons. The molecule has 2 N–H and O–H groups in total. The van der Waals surface area contributed by atoms with Gasteiger partial charge in [0.15, 0.2) is 23.7 Å². The summed E-state index contributed by atoms with van der Waals surface area (Å²) in [6.07, 6.45) is 3.45. The smallest absolute Gasteiger partial charge is 0.306 e. The lowest BCUT2D eigenvalue weighted by Gasteiger charge is -2.62. The van der Waals surface area contributed by atoms with Gasteiger partial charge in [0.05, 0.1) is 6.10 Å². The Morgan fingerprint density at radius 3 is 2.48 bits per heavy atom. The zero-order valence-electron chi connectivity index (χ0n) is 23.5. The first-order valence-electron chi connectivity index (χ1n) is 14.1. The van der Waals surface area contributed by atoms with E-state index >= 15 is 4.39 Å². The summed E-state index contributed by atoms with van der Waals surface area (Å²) in [6, 6.07) is 0. The number of hydrogen-bond donors (Lipinski definition) is 2. The maximum Gasteiger partial charge on any atom is 0.306 e. The van der Waals surface area contributed by atoms with Crippen molar-refractivity contribution in [2.75, 3.05) is 6.61 Å². The average molecular weight is 563 g/mol. The van der Waals surface area contributed by atoms with E-state index in [-0.39, 0.29) is 37.9 Å². The number of hydrogen-bond acceptors (Lipinski definition) is 8. The largest absolute Gasteiger partial charge is 0.481 e. The first-order chi connectivity index (χ1) is 18.7. The van der Waals surface area contributed by atoms with Gasteiger partial charge in [-0.05, 0) is 57.1 Å². The number of aliphatic hydroxyl groups excluding tert-OH is 1. The second-order valence-electron chi connectivity index (χ2n) is 12.3. The van der Waals surface area contributed by atoms with Gasteiger partial charge >= 0.3 is 17.9 Å². The number of aliphatic carboxylic acids is 1. The molecule has 2 unspecified atom stereocenters. The molecule has 0 aromatic rings. The molecule has 4 rings (SSSR count). The van der Waals surface area contributed by atoms with Gasteiger partial charge in [-0.25, -0.2) is 4.39 Å². The second-order valence-corrected chi connectivity index (χ2v) is 12.3. The Bertz CT molecular complexity index is 1180. The van der Waals surface area contributed by atoms with Crippen LogP contribution in [0.3, 0.4) is 0 Å². The highest BCUT2D eigenvalue weighted by atomic mass is 19.1. The number of carboxylic acid groups (broad SMARTS) is 1. The first-order valence-corrected chi connectivity index (χ1v) is 14.1. The van der Waals surface area contributed by atoms with Crippen molar-refractivity contribution in [2.24, 2.45) is 28.6 Å². The van der Waals surface area contributed by atoms with Crippen molar-refractivity contribution in [3.63, 3.8) is 0 Å². The Hall–Kier alpha value is -2.88. The Balaban J connectivity index is 1.69. The molecular weight excluding hydrogens is 523 g/mol. The van der Waals surface area contributed by atoms with Crippen LogP contribution < -0.4 is 0 Å². The van der Waals surface area contributed by atoms with Gasteiger partial charge in [-0.2, -0.15) is 0 Å². The van der Waals surface area contributed by atoms with Crippen LogP contribution in [0, 0.1) is 28.6 Å². The van der Waals surface area contributed by atoms with Gasteiger partial charge in [0.25, 0.3) is 0 Å². The number of rotatable bonds is 9. The lowest BCUT2D eigenvalue weighted by Crippen LogP contribution is -2.70. The fourth-order valence-corrected chi connectivity index (χ4v) is 8.36. The summed E-state index contributed by atoms with van der Waals surface area (Å²) in [5.41, 5.74) is -5.58. The zero-order valence-corrected chi connectivity index (χ0v) is 23.5. The second kappa shape index (κ2) is 10.5. The molecule has 3 fully saturated rings. The van der Waals surface area contributed by atoms with Crippen LogP contribution in [0.5, 0.6) is 0 Å². The monoisotopic (exact) mass is 562 g/mol. The highest BCUT2D eigenvalue weighted by molar-refractivity contribution is 6.01. The lowest BCUT2D eigenvalue weighted by molar-refractivity contribution is -0.228. The molecule has 4 aliphatic rings. The van der Waals surface area contributed by atoms with Crippen LogP contribution in [0.1, 0.15) is 79.1 Å². The molecule has 0 spiro atoms. The third-order valence-corrected chi connectivity index (χ3v) is 10.3. The SMILES string of the molecule is CCC(=O)O[C@]1(C(=O)COC(=O)CCCC(=O)O)[C@@H](C)CC2C3CCC4=CC(=O)C=C[C@]4(C)[C@@]3(F)[C@@H](O)C[C@@]21C. The number of halogens is 1. The topological polar surface area (TPSA) is 144 Å². The number of alkyl halides is 1. The van der Waals surface area contributed by atoms with Gasteiger partial charge < -0.3 is 19.7 Å². The number of aliphatic hydroxyl groups is 1. The Morgan fingerprint density at radius 1 is 1.12 bits per heavy atom. The summed E-state index contributed by atoms with van der Waals surface area (Å²) in [6.45, 7) is 6.13. The minimum Gasteiger partial charge on any atom is -0.481 e. The van der Waals surface area contributed by atoms with E-state index in [1.165, 1.54) is 12.2 Å². The van der Waals surface area contributed by atoms with Gasteiger partial charge in [-0.3, -0.25) is 24.0 Å². The molecule has 0 aliphatic heterocycles. The fourth-order valence-electron chi connectivity index (χ4n) is 8.36. The van der Waals surface area contributed by atoms with Crippen molar-refractivity contribution in [3.8, 4) is 0 Å². The number of allylic oxidation sites excluding steroid dienone is 4. The van der Waals surface area contributed by atoms with Gasteiger partial charge in [0.2, 0.25) is 5.78 Å². The van der Waals surface area contributed by atoms with Gasteiger partial charge in [-0.15, -0.1) is 0 Å².